The molecular weight excluding hydrogens is 592 g/mol. The zero-order valence-corrected chi connectivity index (χ0v) is 28.7. The average Bonchev–Trinajstić information content (AvgIpc) is 3.30. The monoisotopic (exact) mass is 652 g/mol. The molecule has 0 bridgehead atoms. The Morgan fingerprint density at radius 3 is 2.13 bits per heavy atom. The first kappa shape index (κ1) is 35.2. The Bertz CT molecular complexity index is 1190. The van der Waals surface area contributed by atoms with E-state index in [9.17, 15) is 40.9 Å². The molecule has 5 fully saturated rings. The number of rotatable bonds is 5. The van der Waals surface area contributed by atoms with Gasteiger partial charge in [0, 0.05) is 17.9 Å². The molecule has 0 amide bonds. The van der Waals surface area contributed by atoms with Gasteiger partial charge in [-0.3, -0.25) is 0 Å². The van der Waals surface area contributed by atoms with Gasteiger partial charge in [-0.05, 0) is 83.9 Å². The second-order valence-corrected chi connectivity index (χ2v) is 17.8. The molecule has 1 aliphatic heterocycles. The minimum Gasteiger partial charge on any atom is -0.396 e. The van der Waals surface area contributed by atoms with E-state index in [0.717, 1.165) is 19.3 Å². The third-order valence-corrected chi connectivity index (χ3v) is 15.2. The summed E-state index contributed by atoms with van der Waals surface area (Å²) in [4.78, 5) is 0. The van der Waals surface area contributed by atoms with Gasteiger partial charge in [-0.1, -0.05) is 60.1 Å². The lowest BCUT2D eigenvalue weighted by Crippen LogP contribution is -2.68. The van der Waals surface area contributed by atoms with Gasteiger partial charge in [-0.25, -0.2) is 0 Å². The molecule has 10 heteroatoms. The van der Waals surface area contributed by atoms with Gasteiger partial charge in [-0.2, -0.15) is 0 Å². The molecule has 264 valence electrons. The first-order chi connectivity index (χ1) is 21.4. The topological polar surface area (TPSA) is 180 Å². The maximum atomic E-state index is 12.2. The number of hydrogen-bond donors (Lipinski definition) is 8. The van der Waals surface area contributed by atoms with Crippen molar-refractivity contribution in [2.75, 3.05) is 13.2 Å². The fourth-order valence-electron chi connectivity index (χ4n) is 12.9. The summed E-state index contributed by atoms with van der Waals surface area (Å²) >= 11 is 0. The van der Waals surface area contributed by atoms with Crippen LogP contribution >= 0.6 is 0 Å². The van der Waals surface area contributed by atoms with Crippen LogP contribution in [0, 0.1) is 56.7 Å². The van der Waals surface area contributed by atoms with Crippen LogP contribution in [0.25, 0.3) is 0 Å². The van der Waals surface area contributed by atoms with Crippen LogP contribution in [0.2, 0.25) is 0 Å². The average molecular weight is 653 g/mol. The molecule has 6 aliphatic rings. The highest BCUT2D eigenvalue weighted by Gasteiger charge is 2.73. The van der Waals surface area contributed by atoms with Crippen molar-refractivity contribution in [1.29, 1.82) is 0 Å². The molecule has 46 heavy (non-hydrogen) atoms. The standard InChI is InChI=1S/C36H60O10/c1-17(2)19-12-21(40)29-35(7)9-8-18-25(34(35,6)10-11-36(19,29)16-38)20(39)13-24-32(3,4)30(22(41)14-33(18,24)5)46-31-28(44)27(43)26(42)23(15-37)45-31/h8,17,19-31,37-44H,9-16H2,1-7H3/t19-,20-,21+,22+,23+,24?,25?,26+,27-,28+,29?,30-,31-,33+,34-,35+,36+/m0/s1. The van der Waals surface area contributed by atoms with Crippen LogP contribution in [0.4, 0.5) is 0 Å². The highest BCUT2D eigenvalue weighted by molar-refractivity contribution is 5.35. The summed E-state index contributed by atoms with van der Waals surface area (Å²) in [5.41, 5.74) is -1.03. The molecule has 1 saturated heterocycles. The summed E-state index contributed by atoms with van der Waals surface area (Å²) in [7, 11) is 0. The lowest BCUT2D eigenvalue weighted by atomic mass is 9.35. The molecule has 8 N–H and O–H groups in total. The van der Waals surface area contributed by atoms with E-state index >= 15 is 0 Å². The van der Waals surface area contributed by atoms with Gasteiger partial charge < -0.3 is 50.3 Å². The molecule has 5 aliphatic carbocycles. The number of fused-ring (bicyclic) bond motifs is 7. The summed E-state index contributed by atoms with van der Waals surface area (Å²) in [6, 6.07) is 0. The van der Waals surface area contributed by atoms with Gasteiger partial charge in [0.25, 0.3) is 0 Å². The molecule has 17 atom stereocenters. The number of hydrogen-bond acceptors (Lipinski definition) is 10. The van der Waals surface area contributed by atoms with Gasteiger partial charge >= 0.3 is 0 Å². The normalized spacial score (nSPS) is 56.4. The zero-order valence-electron chi connectivity index (χ0n) is 28.7. The maximum Gasteiger partial charge on any atom is 0.187 e. The van der Waals surface area contributed by atoms with Crippen molar-refractivity contribution in [1.82, 2.24) is 0 Å². The highest BCUT2D eigenvalue weighted by atomic mass is 16.7. The van der Waals surface area contributed by atoms with E-state index in [1.807, 2.05) is 13.8 Å². The Hall–Kier alpha value is -0.660. The Balaban J connectivity index is 1.34. The van der Waals surface area contributed by atoms with Crippen molar-refractivity contribution >= 4 is 0 Å². The molecule has 6 rings (SSSR count). The van der Waals surface area contributed by atoms with Crippen molar-refractivity contribution in [2.24, 2.45) is 56.7 Å². The van der Waals surface area contributed by atoms with Crippen LogP contribution in [0.1, 0.15) is 87.0 Å². The van der Waals surface area contributed by atoms with E-state index in [4.69, 9.17) is 9.47 Å². The summed E-state index contributed by atoms with van der Waals surface area (Å²) in [6.45, 7) is 14.7. The fraction of sp³-hybridized carbons (Fsp3) is 0.944. The maximum absolute atomic E-state index is 12.2. The first-order valence-corrected chi connectivity index (χ1v) is 17.7. The van der Waals surface area contributed by atoms with Crippen molar-refractivity contribution in [3.63, 3.8) is 0 Å². The molecule has 0 spiro atoms. The molecule has 0 aromatic rings. The summed E-state index contributed by atoms with van der Waals surface area (Å²) in [5, 5.41) is 87.7. The van der Waals surface area contributed by atoms with Gasteiger partial charge in [0.05, 0.1) is 31.0 Å². The minimum absolute atomic E-state index is 0.0586. The fourth-order valence-corrected chi connectivity index (χ4v) is 12.9. The van der Waals surface area contributed by atoms with Crippen molar-refractivity contribution in [2.45, 2.75) is 142 Å². The van der Waals surface area contributed by atoms with E-state index < -0.39 is 72.6 Å². The molecule has 3 unspecified atom stereocenters. The van der Waals surface area contributed by atoms with E-state index in [-0.39, 0.29) is 46.5 Å². The van der Waals surface area contributed by atoms with Crippen LogP contribution < -0.4 is 0 Å². The largest absolute Gasteiger partial charge is 0.396 e. The van der Waals surface area contributed by atoms with Crippen molar-refractivity contribution in [3.8, 4) is 0 Å². The molecule has 10 nitrogen and oxygen atoms in total. The number of ether oxygens (including phenoxy) is 2. The highest BCUT2D eigenvalue weighted by Crippen LogP contribution is 2.76. The minimum atomic E-state index is -1.58. The van der Waals surface area contributed by atoms with Crippen LogP contribution in [-0.4, -0.2) is 109 Å². The first-order valence-electron chi connectivity index (χ1n) is 17.7. The summed E-state index contributed by atoms with van der Waals surface area (Å²) in [5.74, 6) is 0.221. The predicted octanol–water partition coefficient (Wildman–Crippen LogP) is 1.73. The van der Waals surface area contributed by atoms with Crippen LogP contribution in [0.15, 0.2) is 11.6 Å². The van der Waals surface area contributed by atoms with Crippen molar-refractivity contribution in [3.05, 3.63) is 11.6 Å². The lowest BCUT2D eigenvalue weighted by Gasteiger charge is -2.70. The Labute approximate surface area is 273 Å². The summed E-state index contributed by atoms with van der Waals surface area (Å²) < 4.78 is 11.9. The summed E-state index contributed by atoms with van der Waals surface area (Å²) in [6.07, 6.45) is -3.91. The van der Waals surface area contributed by atoms with E-state index in [2.05, 4.69) is 40.7 Å². The Morgan fingerprint density at radius 2 is 1.52 bits per heavy atom. The molecule has 1 heterocycles. The smallest absolute Gasteiger partial charge is 0.187 e. The number of aliphatic hydroxyl groups is 8. The molecule has 0 aromatic carbocycles. The van der Waals surface area contributed by atoms with Gasteiger partial charge in [0.1, 0.15) is 24.4 Å². The lowest BCUT2D eigenvalue weighted by molar-refractivity contribution is -0.337. The second-order valence-electron chi connectivity index (χ2n) is 17.8. The SMILES string of the molecule is CC(C)[C@@H]1C[C@@H](O)C2[C@@]1(CO)CC[C@@]1(C)C3C(=CC[C@]21C)[C@@]1(C)C[C@@H](O)[C@H](O[C@@H]2O[C@H](CO)[C@@H](O)[C@H](O)[C@H]2O)C(C)(C)C1C[C@@H]3O. The Morgan fingerprint density at radius 1 is 0.848 bits per heavy atom. The third-order valence-electron chi connectivity index (χ3n) is 15.2. The predicted molar refractivity (Wildman–Crippen MR) is 169 cm³/mol. The molecule has 0 radical (unpaired) electrons. The quantitative estimate of drug-likeness (QED) is 0.161. The number of aliphatic hydroxyl groups excluding tert-OH is 8. The second kappa shape index (κ2) is 11.4. The van der Waals surface area contributed by atoms with E-state index in [0.29, 0.717) is 25.2 Å². The van der Waals surface area contributed by atoms with Gasteiger partial charge in [0.15, 0.2) is 6.29 Å². The van der Waals surface area contributed by atoms with Gasteiger partial charge in [-0.15, -0.1) is 0 Å². The zero-order chi connectivity index (χ0) is 33.9. The van der Waals surface area contributed by atoms with E-state index in [1.54, 1.807) is 0 Å². The van der Waals surface area contributed by atoms with Crippen LogP contribution in [0.5, 0.6) is 0 Å². The van der Waals surface area contributed by atoms with Crippen LogP contribution in [-0.2, 0) is 9.47 Å². The molecule has 0 aromatic heterocycles. The molecule has 4 saturated carbocycles. The number of allylic oxidation sites excluding steroid dienone is 1. The van der Waals surface area contributed by atoms with Gasteiger partial charge in [0.2, 0.25) is 0 Å². The van der Waals surface area contributed by atoms with Crippen LogP contribution in [0.3, 0.4) is 0 Å². The van der Waals surface area contributed by atoms with E-state index in [1.165, 1.54) is 5.57 Å². The Kier molecular flexibility index (Phi) is 8.74. The van der Waals surface area contributed by atoms with Crippen molar-refractivity contribution < 1.29 is 50.3 Å². The third kappa shape index (κ3) is 4.50. The molecular formula is C36H60O10.